The van der Waals surface area contributed by atoms with Crippen LogP contribution >= 0.6 is 11.6 Å². The van der Waals surface area contributed by atoms with Crippen molar-refractivity contribution in [3.05, 3.63) is 56.9 Å². The first-order chi connectivity index (χ1) is 19.5. The normalized spacial score (nSPS) is 23.9. The average Bonchev–Trinajstić information content (AvgIpc) is 3.06. The zero-order chi connectivity index (χ0) is 29.8. The van der Waals surface area contributed by atoms with E-state index in [0.29, 0.717) is 22.9 Å². The highest BCUT2D eigenvalue weighted by Crippen LogP contribution is 2.42. The van der Waals surface area contributed by atoms with Crippen molar-refractivity contribution in [2.45, 2.75) is 79.1 Å². The lowest BCUT2D eigenvalue weighted by molar-refractivity contribution is -0.114. The summed E-state index contributed by atoms with van der Waals surface area (Å²) in [5.41, 5.74) is 6.28. The number of halogens is 1. The van der Waals surface area contributed by atoms with E-state index in [2.05, 4.69) is 55.7 Å². The van der Waals surface area contributed by atoms with Gasteiger partial charge in [-0.3, -0.25) is 9.59 Å². The van der Waals surface area contributed by atoms with Gasteiger partial charge >= 0.3 is 0 Å². The van der Waals surface area contributed by atoms with Crippen LogP contribution in [0.25, 0.3) is 11.6 Å². The van der Waals surface area contributed by atoms with Gasteiger partial charge in [-0.25, -0.2) is 0 Å². The second-order valence-electron chi connectivity index (χ2n) is 12.9. The molecule has 2 aliphatic rings. The molecule has 0 spiro atoms. The number of benzene rings is 1. The second-order valence-corrected chi connectivity index (χ2v) is 13.3. The Morgan fingerprint density at radius 1 is 1.22 bits per heavy atom. The molecule has 2 heterocycles. The van der Waals surface area contributed by atoms with Gasteiger partial charge in [0.05, 0.1) is 0 Å². The van der Waals surface area contributed by atoms with Crippen molar-refractivity contribution in [1.29, 1.82) is 0 Å². The molecule has 2 aromatic rings. The van der Waals surface area contributed by atoms with Crippen molar-refractivity contribution in [3.63, 3.8) is 0 Å². The van der Waals surface area contributed by atoms with Crippen molar-refractivity contribution >= 4 is 34.8 Å². The standard InChI is InChI=1S/C35H50ClN3O2/c1-8-39-17-10-11-26(15-18-39)23(3)35(41)34-24(4)32(37-25(34)5)21-31-30-20-28(36)13-14-29(30)22(2)27(19-33(31)40)12-9-16-38(6)7/h13-14,20-23,26-27,37H,8-12,15-19H2,1-7H3. The van der Waals surface area contributed by atoms with Gasteiger partial charge < -0.3 is 14.8 Å². The Morgan fingerprint density at radius 3 is 2.68 bits per heavy atom. The maximum Gasteiger partial charge on any atom is 0.168 e. The lowest BCUT2D eigenvalue weighted by atomic mass is 9.82. The van der Waals surface area contributed by atoms with Gasteiger partial charge in [0.1, 0.15) is 0 Å². The summed E-state index contributed by atoms with van der Waals surface area (Å²) < 4.78 is 0. The Morgan fingerprint density at radius 2 is 1.98 bits per heavy atom. The minimum absolute atomic E-state index is 0.0247. The molecule has 0 bridgehead atoms. The number of H-pyrrole nitrogens is 1. The second kappa shape index (κ2) is 13.8. The summed E-state index contributed by atoms with van der Waals surface area (Å²) in [6.07, 6.45) is 7.90. The number of carbonyl (C=O) groups excluding carboxylic acids is 2. The molecule has 1 aliphatic heterocycles. The number of fused-ring (bicyclic) bond motifs is 1. The molecule has 1 saturated heterocycles. The van der Waals surface area contributed by atoms with Crippen molar-refractivity contribution in [2.24, 2.45) is 17.8 Å². The van der Waals surface area contributed by atoms with Crippen LogP contribution in [-0.2, 0) is 4.79 Å². The Kier molecular flexibility index (Phi) is 10.7. The fraction of sp³-hybridized carbons (Fsp3) is 0.600. The first-order valence-corrected chi connectivity index (χ1v) is 16.0. The smallest absolute Gasteiger partial charge is 0.168 e. The highest BCUT2D eigenvalue weighted by molar-refractivity contribution is 6.32. The van der Waals surface area contributed by atoms with Crippen LogP contribution < -0.4 is 0 Å². The molecule has 4 rings (SSSR count). The number of nitrogens with one attached hydrogen (secondary N) is 1. The number of Topliss-reactive ketones (excluding diaryl/α,β-unsaturated/α-hetero) is 2. The van der Waals surface area contributed by atoms with E-state index in [4.69, 9.17) is 11.6 Å². The van der Waals surface area contributed by atoms with Crippen LogP contribution in [0.1, 0.15) is 104 Å². The molecule has 224 valence electrons. The molecule has 1 N–H and O–H groups in total. The van der Waals surface area contributed by atoms with Crippen LogP contribution in [0, 0.1) is 31.6 Å². The van der Waals surface area contributed by atoms with Gasteiger partial charge in [0.25, 0.3) is 0 Å². The van der Waals surface area contributed by atoms with E-state index >= 15 is 0 Å². The number of ketones is 2. The Balaban J connectivity index is 1.66. The number of nitrogens with zero attached hydrogens (tertiary/aromatic N) is 2. The summed E-state index contributed by atoms with van der Waals surface area (Å²) in [5, 5.41) is 0.634. The van der Waals surface area contributed by atoms with Gasteiger partial charge in [0.2, 0.25) is 0 Å². The Labute approximate surface area is 252 Å². The molecule has 4 atom stereocenters. The Hall–Kier alpha value is -2.21. The van der Waals surface area contributed by atoms with Gasteiger partial charge in [-0.15, -0.1) is 0 Å². The maximum absolute atomic E-state index is 13.9. The van der Waals surface area contributed by atoms with Crippen LogP contribution in [0.3, 0.4) is 0 Å². The van der Waals surface area contributed by atoms with E-state index in [9.17, 15) is 9.59 Å². The predicted octanol–water partition coefficient (Wildman–Crippen LogP) is 7.80. The molecule has 41 heavy (non-hydrogen) atoms. The topological polar surface area (TPSA) is 56.4 Å². The lowest BCUT2D eigenvalue weighted by Crippen LogP contribution is -2.26. The summed E-state index contributed by atoms with van der Waals surface area (Å²) in [7, 11) is 4.19. The molecule has 4 unspecified atom stereocenters. The van der Waals surface area contributed by atoms with Crippen LogP contribution in [0.15, 0.2) is 18.2 Å². The fourth-order valence-electron chi connectivity index (χ4n) is 7.14. The summed E-state index contributed by atoms with van der Waals surface area (Å²) in [5.74, 6) is 1.29. The Bertz CT molecular complexity index is 1280. The highest BCUT2D eigenvalue weighted by atomic mass is 35.5. The SMILES string of the molecule is CCN1CCCC(C(C)C(=O)c2c(C)[nH]c(C=C3C(=O)CC(CCCN(C)C)C(C)c4ccc(Cl)cc43)c2C)CC1. The molecule has 0 amide bonds. The van der Waals surface area contributed by atoms with Crippen LogP contribution in [0.5, 0.6) is 0 Å². The van der Waals surface area contributed by atoms with E-state index in [0.717, 1.165) is 86.4 Å². The maximum atomic E-state index is 13.9. The van der Waals surface area contributed by atoms with Crippen LogP contribution in [0.2, 0.25) is 5.02 Å². The van der Waals surface area contributed by atoms with Crippen molar-refractivity contribution < 1.29 is 9.59 Å². The molecule has 1 fully saturated rings. The quantitative estimate of drug-likeness (QED) is 0.187. The van der Waals surface area contributed by atoms with Gasteiger partial charge in [0.15, 0.2) is 11.6 Å². The predicted molar refractivity (Wildman–Crippen MR) is 172 cm³/mol. The number of aryl methyl sites for hydroxylation is 1. The molecule has 0 radical (unpaired) electrons. The number of carbonyl (C=O) groups is 2. The molecule has 1 aromatic heterocycles. The lowest BCUT2D eigenvalue weighted by Gasteiger charge is -2.23. The number of allylic oxidation sites excluding steroid dienone is 1. The van der Waals surface area contributed by atoms with E-state index < -0.39 is 0 Å². The third kappa shape index (κ3) is 7.24. The summed E-state index contributed by atoms with van der Waals surface area (Å²) in [6, 6.07) is 5.99. The minimum Gasteiger partial charge on any atom is -0.358 e. The van der Waals surface area contributed by atoms with Gasteiger partial charge in [0, 0.05) is 39.9 Å². The van der Waals surface area contributed by atoms with Gasteiger partial charge in [-0.2, -0.15) is 0 Å². The zero-order valence-corrected chi connectivity index (χ0v) is 27.0. The van der Waals surface area contributed by atoms with Gasteiger partial charge in [-0.1, -0.05) is 38.4 Å². The van der Waals surface area contributed by atoms with E-state index in [1.807, 2.05) is 32.1 Å². The molecule has 1 aliphatic carbocycles. The summed E-state index contributed by atoms with van der Waals surface area (Å²) in [6.45, 7) is 14.9. The van der Waals surface area contributed by atoms with Crippen LogP contribution in [-0.4, -0.2) is 66.6 Å². The van der Waals surface area contributed by atoms with E-state index in [1.165, 1.54) is 5.56 Å². The zero-order valence-electron chi connectivity index (χ0n) is 26.3. The molecule has 5 nitrogen and oxygen atoms in total. The highest BCUT2D eigenvalue weighted by Gasteiger charge is 2.33. The molecular formula is C35H50ClN3O2. The number of rotatable bonds is 9. The third-order valence-corrected chi connectivity index (χ3v) is 10.1. The number of aromatic amines is 1. The van der Waals surface area contributed by atoms with Crippen molar-refractivity contribution in [2.75, 3.05) is 40.3 Å². The molecule has 0 saturated carbocycles. The number of likely N-dealkylation sites (tertiary alicyclic amines) is 1. The third-order valence-electron chi connectivity index (χ3n) is 9.88. The van der Waals surface area contributed by atoms with E-state index in [-0.39, 0.29) is 29.3 Å². The van der Waals surface area contributed by atoms with Crippen molar-refractivity contribution in [1.82, 2.24) is 14.8 Å². The fourth-order valence-corrected chi connectivity index (χ4v) is 7.31. The van der Waals surface area contributed by atoms with Crippen molar-refractivity contribution in [3.8, 4) is 0 Å². The first kappa shape index (κ1) is 31.7. The molecule has 6 heteroatoms. The minimum atomic E-state index is -0.0247. The number of hydrogen-bond donors (Lipinski definition) is 1. The van der Waals surface area contributed by atoms with Crippen LogP contribution in [0.4, 0.5) is 0 Å². The monoisotopic (exact) mass is 579 g/mol. The average molecular weight is 580 g/mol. The van der Waals surface area contributed by atoms with E-state index in [1.54, 1.807) is 0 Å². The molecule has 1 aromatic carbocycles. The number of aromatic nitrogens is 1. The largest absolute Gasteiger partial charge is 0.358 e. The molecular weight excluding hydrogens is 530 g/mol. The number of hydrogen-bond acceptors (Lipinski definition) is 4. The summed E-state index contributed by atoms with van der Waals surface area (Å²) in [4.78, 5) is 36.0. The first-order valence-electron chi connectivity index (χ1n) is 15.7. The summed E-state index contributed by atoms with van der Waals surface area (Å²) >= 11 is 6.49. The van der Waals surface area contributed by atoms with Gasteiger partial charge in [-0.05, 0) is 139 Å².